The van der Waals surface area contributed by atoms with Gasteiger partial charge < -0.3 is 10.1 Å². The third-order valence-corrected chi connectivity index (χ3v) is 4.77. The maximum atomic E-state index is 5.43. The molecule has 1 aromatic rings. The number of thioether (sulfide) groups is 1. The minimum absolute atomic E-state index is 0.110. The van der Waals surface area contributed by atoms with Gasteiger partial charge in [-0.05, 0) is 26.7 Å². The van der Waals surface area contributed by atoms with Crippen LogP contribution in [-0.2, 0) is 4.74 Å². The summed E-state index contributed by atoms with van der Waals surface area (Å²) in [7, 11) is 0. The third kappa shape index (κ3) is 2.79. The van der Waals surface area contributed by atoms with E-state index < -0.39 is 0 Å². The van der Waals surface area contributed by atoms with Crippen molar-refractivity contribution < 1.29 is 4.74 Å². The highest BCUT2D eigenvalue weighted by Crippen LogP contribution is 2.36. The largest absolute Gasteiger partial charge is 0.381 e. The highest BCUT2D eigenvalue weighted by Gasteiger charge is 2.37. The van der Waals surface area contributed by atoms with Crippen molar-refractivity contribution in [2.24, 2.45) is 4.99 Å². The van der Waals surface area contributed by atoms with E-state index >= 15 is 0 Å². The number of aliphatic imine (C=N–C) groups is 1. The van der Waals surface area contributed by atoms with Gasteiger partial charge in [-0.1, -0.05) is 11.8 Å². The van der Waals surface area contributed by atoms with Gasteiger partial charge in [0.15, 0.2) is 5.17 Å². The van der Waals surface area contributed by atoms with Crippen LogP contribution in [-0.4, -0.2) is 39.5 Å². The van der Waals surface area contributed by atoms with Crippen molar-refractivity contribution in [2.45, 2.75) is 38.3 Å². The SMILES string of the molecule is CC(C)n1cc(NC2=NC3(CCOCC3)CS2)cn1. The Balaban J connectivity index is 1.68. The highest BCUT2D eigenvalue weighted by atomic mass is 32.2. The van der Waals surface area contributed by atoms with Crippen molar-refractivity contribution in [1.29, 1.82) is 0 Å². The summed E-state index contributed by atoms with van der Waals surface area (Å²) in [6, 6.07) is 0.385. The Hall–Kier alpha value is -1.01. The van der Waals surface area contributed by atoms with Gasteiger partial charge in [-0.3, -0.25) is 9.67 Å². The quantitative estimate of drug-likeness (QED) is 0.904. The summed E-state index contributed by atoms with van der Waals surface area (Å²) in [5, 5.41) is 8.73. The molecule has 3 rings (SSSR count). The molecule has 6 heteroatoms. The van der Waals surface area contributed by atoms with Crippen molar-refractivity contribution in [3.8, 4) is 0 Å². The van der Waals surface area contributed by atoms with Crippen LogP contribution in [0.3, 0.4) is 0 Å². The molecule has 2 aliphatic heterocycles. The minimum atomic E-state index is 0.110. The van der Waals surface area contributed by atoms with E-state index in [0.717, 1.165) is 42.7 Å². The van der Waals surface area contributed by atoms with E-state index in [1.165, 1.54) is 0 Å². The first-order valence-corrected chi connectivity index (χ1v) is 7.77. The summed E-state index contributed by atoms with van der Waals surface area (Å²) in [4.78, 5) is 4.88. The molecule has 1 aromatic heterocycles. The van der Waals surface area contributed by atoms with Crippen LogP contribution in [0, 0.1) is 0 Å². The molecular weight excluding hydrogens is 260 g/mol. The van der Waals surface area contributed by atoms with Gasteiger partial charge in [-0.2, -0.15) is 5.10 Å². The lowest BCUT2D eigenvalue weighted by atomic mass is 9.93. The molecule has 0 aliphatic carbocycles. The molecule has 1 spiro atoms. The normalized spacial score (nSPS) is 21.9. The number of nitrogens with zero attached hydrogens (tertiary/aromatic N) is 3. The Morgan fingerprint density at radius 1 is 1.42 bits per heavy atom. The summed E-state index contributed by atoms with van der Waals surface area (Å²) in [5.41, 5.74) is 1.13. The van der Waals surface area contributed by atoms with Gasteiger partial charge in [-0.25, -0.2) is 0 Å². The van der Waals surface area contributed by atoms with Crippen LogP contribution >= 0.6 is 11.8 Å². The lowest BCUT2D eigenvalue weighted by molar-refractivity contribution is 0.0624. The molecule has 0 bridgehead atoms. The zero-order valence-electron chi connectivity index (χ0n) is 11.4. The number of ether oxygens (including phenoxy) is 1. The van der Waals surface area contributed by atoms with Crippen LogP contribution in [0.4, 0.5) is 5.69 Å². The molecule has 0 amide bonds. The smallest absolute Gasteiger partial charge is 0.161 e. The number of rotatable bonds is 2. The molecule has 0 radical (unpaired) electrons. The monoisotopic (exact) mass is 280 g/mol. The van der Waals surface area contributed by atoms with Gasteiger partial charge in [0, 0.05) is 31.2 Å². The second kappa shape index (κ2) is 5.17. The Labute approximate surface area is 117 Å². The summed E-state index contributed by atoms with van der Waals surface area (Å²) >= 11 is 1.81. The second-order valence-corrected chi connectivity index (χ2v) is 6.43. The van der Waals surface area contributed by atoms with Gasteiger partial charge in [0.1, 0.15) is 0 Å². The first-order chi connectivity index (χ1) is 9.17. The summed E-state index contributed by atoms with van der Waals surface area (Å²) in [6.45, 7) is 5.91. The lowest BCUT2D eigenvalue weighted by Crippen LogP contribution is -2.34. The standard InChI is InChI=1S/C13H20N4OS/c1-10(2)17-8-11(7-14-17)15-12-16-13(9-19-12)3-5-18-6-4-13/h7-8,10H,3-6,9H2,1-2H3,(H,15,16). The van der Waals surface area contributed by atoms with E-state index in [2.05, 4.69) is 24.3 Å². The van der Waals surface area contributed by atoms with Crippen LogP contribution in [0.1, 0.15) is 32.7 Å². The fourth-order valence-corrected chi connectivity index (χ4v) is 3.57. The lowest BCUT2D eigenvalue weighted by Gasteiger charge is -2.29. The van der Waals surface area contributed by atoms with Crippen LogP contribution in [0.25, 0.3) is 0 Å². The van der Waals surface area contributed by atoms with Crippen molar-refractivity contribution in [3.63, 3.8) is 0 Å². The Bertz CT molecular complexity index is 477. The van der Waals surface area contributed by atoms with E-state index in [4.69, 9.17) is 9.73 Å². The third-order valence-electron chi connectivity index (χ3n) is 3.62. The van der Waals surface area contributed by atoms with Gasteiger partial charge in [0.2, 0.25) is 0 Å². The van der Waals surface area contributed by atoms with E-state index in [-0.39, 0.29) is 5.54 Å². The van der Waals surface area contributed by atoms with E-state index in [1.54, 1.807) is 11.8 Å². The zero-order chi connectivity index (χ0) is 13.3. The molecule has 5 nitrogen and oxygen atoms in total. The molecule has 1 fully saturated rings. The Morgan fingerprint density at radius 3 is 2.89 bits per heavy atom. The van der Waals surface area contributed by atoms with E-state index in [9.17, 15) is 0 Å². The molecule has 0 aromatic carbocycles. The van der Waals surface area contributed by atoms with Crippen LogP contribution in [0.2, 0.25) is 0 Å². The topological polar surface area (TPSA) is 51.4 Å². The predicted molar refractivity (Wildman–Crippen MR) is 78.9 cm³/mol. The van der Waals surface area contributed by atoms with Gasteiger partial charge >= 0.3 is 0 Å². The van der Waals surface area contributed by atoms with Crippen molar-refractivity contribution in [1.82, 2.24) is 9.78 Å². The number of anilines is 1. The second-order valence-electron chi connectivity index (χ2n) is 5.47. The molecule has 104 valence electrons. The van der Waals surface area contributed by atoms with Gasteiger partial charge in [-0.15, -0.1) is 0 Å². The van der Waals surface area contributed by atoms with Crippen molar-refractivity contribution in [2.75, 3.05) is 24.3 Å². The van der Waals surface area contributed by atoms with Gasteiger partial charge in [0.25, 0.3) is 0 Å². The maximum absolute atomic E-state index is 5.43. The molecule has 1 saturated heterocycles. The first-order valence-electron chi connectivity index (χ1n) is 6.78. The predicted octanol–water partition coefficient (Wildman–Crippen LogP) is 2.53. The average molecular weight is 280 g/mol. The first kappa shape index (κ1) is 13.0. The van der Waals surface area contributed by atoms with Gasteiger partial charge in [0.05, 0.1) is 17.4 Å². The minimum Gasteiger partial charge on any atom is -0.381 e. The molecule has 19 heavy (non-hydrogen) atoms. The summed E-state index contributed by atoms with van der Waals surface area (Å²) < 4.78 is 7.38. The van der Waals surface area contributed by atoms with Crippen molar-refractivity contribution >= 4 is 22.6 Å². The Morgan fingerprint density at radius 2 is 2.21 bits per heavy atom. The number of hydrogen-bond acceptors (Lipinski definition) is 5. The molecule has 2 aliphatic rings. The summed E-state index contributed by atoms with van der Waals surface area (Å²) in [5.74, 6) is 1.07. The maximum Gasteiger partial charge on any atom is 0.161 e. The fraction of sp³-hybridized carbons (Fsp3) is 0.692. The summed E-state index contributed by atoms with van der Waals surface area (Å²) in [6.07, 6.45) is 5.97. The fourth-order valence-electron chi connectivity index (χ4n) is 2.36. The van der Waals surface area contributed by atoms with E-state index in [0.29, 0.717) is 6.04 Å². The average Bonchev–Trinajstić information content (AvgIpc) is 2.99. The number of hydrogen-bond donors (Lipinski definition) is 1. The molecular formula is C13H20N4OS. The number of amidine groups is 1. The van der Waals surface area contributed by atoms with E-state index in [1.807, 2.05) is 17.1 Å². The molecule has 0 saturated carbocycles. The van der Waals surface area contributed by atoms with Crippen LogP contribution < -0.4 is 5.32 Å². The Kier molecular flexibility index (Phi) is 3.54. The molecule has 3 heterocycles. The number of nitrogens with one attached hydrogen (secondary N) is 1. The van der Waals surface area contributed by atoms with Crippen LogP contribution in [0.5, 0.6) is 0 Å². The van der Waals surface area contributed by atoms with Crippen molar-refractivity contribution in [3.05, 3.63) is 12.4 Å². The zero-order valence-corrected chi connectivity index (χ0v) is 12.2. The highest BCUT2D eigenvalue weighted by molar-refractivity contribution is 8.14. The molecule has 0 unspecified atom stereocenters. The van der Waals surface area contributed by atoms with Crippen LogP contribution in [0.15, 0.2) is 17.4 Å². The number of aromatic nitrogens is 2. The molecule has 1 N–H and O–H groups in total. The molecule has 0 atom stereocenters.